The minimum absolute atomic E-state index is 0.0169. The first kappa shape index (κ1) is 16.0. The number of fused-ring (bicyclic) bond motifs is 1. The van der Waals surface area contributed by atoms with Crippen LogP contribution in [0.4, 0.5) is 6.01 Å². The molecule has 1 aliphatic heterocycles. The van der Waals surface area contributed by atoms with E-state index in [9.17, 15) is 4.79 Å². The number of piperazine rings is 1. The summed E-state index contributed by atoms with van der Waals surface area (Å²) < 4.78 is 5.81. The van der Waals surface area contributed by atoms with Gasteiger partial charge in [0.1, 0.15) is 11.2 Å². The molecule has 1 fully saturated rings. The topological polar surface area (TPSA) is 88.5 Å². The first-order valence-electron chi connectivity index (χ1n) is 8.29. The highest BCUT2D eigenvalue weighted by Gasteiger charge is 2.26. The summed E-state index contributed by atoms with van der Waals surface area (Å²) in [6, 6.07) is 8.33. The lowest BCUT2D eigenvalue weighted by Gasteiger charge is -2.33. The zero-order chi connectivity index (χ0) is 17.2. The van der Waals surface area contributed by atoms with E-state index < -0.39 is 0 Å². The maximum Gasteiger partial charge on any atom is 0.298 e. The van der Waals surface area contributed by atoms with Gasteiger partial charge in [0.05, 0.1) is 5.01 Å². The number of carbonyl (C=O) groups excluding carboxylic acids is 1. The van der Waals surface area contributed by atoms with Gasteiger partial charge in [-0.1, -0.05) is 12.1 Å². The van der Waals surface area contributed by atoms with Crippen molar-refractivity contribution in [2.75, 3.05) is 37.6 Å². The van der Waals surface area contributed by atoms with Gasteiger partial charge in [-0.3, -0.25) is 4.79 Å². The molecule has 2 N–H and O–H groups in total. The van der Waals surface area contributed by atoms with Gasteiger partial charge >= 0.3 is 0 Å². The molecule has 1 amide bonds. The second-order valence-corrected chi connectivity index (χ2v) is 6.85. The molecule has 4 rings (SSSR count). The second-order valence-electron chi connectivity index (χ2n) is 5.91. The Balaban J connectivity index is 1.41. The van der Waals surface area contributed by atoms with E-state index >= 15 is 0 Å². The lowest BCUT2D eigenvalue weighted by atomic mass is 10.3. The average molecular weight is 357 g/mol. The van der Waals surface area contributed by atoms with Crippen molar-refractivity contribution in [2.24, 2.45) is 5.73 Å². The number of para-hydroxylation sites is 2. The number of nitrogens with zero attached hydrogens (tertiary/aromatic N) is 4. The predicted octanol–water partition coefficient (Wildman–Crippen LogP) is 1.75. The molecule has 1 aliphatic rings. The van der Waals surface area contributed by atoms with Gasteiger partial charge in [0.25, 0.3) is 11.9 Å². The fraction of sp³-hybridized carbons (Fsp3) is 0.353. The number of thiazole rings is 1. The SMILES string of the molecule is NCCc1nc(C(=O)N2CCN(c3nc4ccccc4o3)CC2)cs1. The van der Waals surface area contributed by atoms with Crippen LogP contribution in [0.2, 0.25) is 0 Å². The summed E-state index contributed by atoms with van der Waals surface area (Å²) in [7, 11) is 0. The quantitative estimate of drug-likeness (QED) is 0.765. The molecule has 0 spiro atoms. The van der Waals surface area contributed by atoms with Gasteiger partial charge in [-0.25, -0.2) is 4.98 Å². The third-order valence-corrected chi connectivity index (χ3v) is 5.16. The van der Waals surface area contributed by atoms with Gasteiger partial charge in [0, 0.05) is 38.0 Å². The highest BCUT2D eigenvalue weighted by atomic mass is 32.1. The summed E-state index contributed by atoms with van der Waals surface area (Å²) in [5, 5.41) is 2.73. The van der Waals surface area contributed by atoms with Crippen LogP contribution in [-0.2, 0) is 6.42 Å². The van der Waals surface area contributed by atoms with Crippen molar-refractivity contribution >= 4 is 34.4 Å². The van der Waals surface area contributed by atoms with Crippen LogP contribution < -0.4 is 10.6 Å². The number of carbonyl (C=O) groups is 1. The first-order chi connectivity index (χ1) is 12.2. The van der Waals surface area contributed by atoms with Crippen molar-refractivity contribution in [3.8, 4) is 0 Å². The highest BCUT2D eigenvalue weighted by molar-refractivity contribution is 7.09. The van der Waals surface area contributed by atoms with E-state index in [0.717, 1.165) is 16.1 Å². The van der Waals surface area contributed by atoms with Crippen LogP contribution in [0.1, 0.15) is 15.5 Å². The lowest BCUT2D eigenvalue weighted by molar-refractivity contribution is 0.0740. The van der Waals surface area contributed by atoms with Gasteiger partial charge in [-0.2, -0.15) is 4.98 Å². The Morgan fingerprint density at radius 2 is 2.00 bits per heavy atom. The summed E-state index contributed by atoms with van der Waals surface area (Å²) >= 11 is 1.49. The minimum atomic E-state index is -0.0169. The van der Waals surface area contributed by atoms with Crippen LogP contribution in [0.5, 0.6) is 0 Å². The van der Waals surface area contributed by atoms with Gasteiger partial charge in [0.2, 0.25) is 0 Å². The second kappa shape index (κ2) is 6.81. The predicted molar refractivity (Wildman–Crippen MR) is 97.0 cm³/mol. The van der Waals surface area contributed by atoms with Gasteiger partial charge in [0.15, 0.2) is 5.58 Å². The number of rotatable bonds is 4. The highest BCUT2D eigenvalue weighted by Crippen LogP contribution is 2.23. The molecule has 25 heavy (non-hydrogen) atoms. The third-order valence-electron chi connectivity index (χ3n) is 4.25. The Kier molecular flexibility index (Phi) is 4.37. The van der Waals surface area contributed by atoms with Crippen molar-refractivity contribution in [1.82, 2.24) is 14.9 Å². The Labute approximate surface area is 149 Å². The van der Waals surface area contributed by atoms with E-state index in [1.54, 1.807) is 0 Å². The third kappa shape index (κ3) is 3.22. The molecule has 1 saturated heterocycles. The molecule has 0 saturated carbocycles. The Morgan fingerprint density at radius 3 is 2.76 bits per heavy atom. The van der Waals surface area contributed by atoms with Gasteiger partial charge < -0.3 is 20.0 Å². The van der Waals surface area contributed by atoms with Crippen molar-refractivity contribution in [2.45, 2.75) is 6.42 Å². The molecule has 8 heteroatoms. The number of amides is 1. The van der Waals surface area contributed by atoms with Crippen molar-refractivity contribution < 1.29 is 9.21 Å². The molecular weight excluding hydrogens is 338 g/mol. The van der Waals surface area contributed by atoms with E-state index in [-0.39, 0.29) is 5.91 Å². The zero-order valence-electron chi connectivity index (χ0n) is 13.7. The number of benzene rings is 1. The van der Waals surface area contributed by atoms with E-state index in [0.29, 0.717) is 50.9 Å². The van der Waals surface area contributed by atoms with Crippen molar-refractivity contribution in [1.29, 1.82) is 0 Å². The average Bonchev–Trinajstić information content (AvgIpc) is 3.28. The first-order valence-corrected chi connectivity index (χ1v) is 9.17. The van der Waals surface area contributed by atoms with Crippen LogP contribution in [0.15, 0.2) is 34.1 Å². The van der Waals surface area contributed by atoms with E-state index in [4.69, 9.17) is 10.2 Å². The standard InChI is InChI=1S/C17H19N5O2S/c18-6-5-15-19-13(11-25-15)16(23)21-7-9-22(10-8-21)17-20-12-3-1-2-4-14(12)24-17/h1-4,11H,5-10,18H2. The van der Waals surface area contributed by atoms with Crippen LogP contribution in [0.25, 0.3) is 11.1 Å². The van der Waals surface area contributed by atoms with Gasteiger partial charge in [-0.15, -0.1) is 11.3 Å². The number of hydrogen-bond donors (Lipinski definition) is 1. The smallest absolute Gasteiger partial charge is 0.298 e. The normalized spacial score (nSPS) is 15.1. The molecule has 0 radical (unpaired) electrons. The largest absolute Gasteiger partial charge is 0.423 e. The van der Waals surface area contributed by atoms with E-state index in [1.807, 2.05) is 34.5 Å². The number of aromatic nitrogens is 2. The molecule has 0 unspecified atom stereocenters. The summed E-state index contributed by atoms with van der Waals surface area (Å²) in [5.41, 5.74) is 7.69. The number of hydrogen-bond acceptors (Lipinski definition) is 7. The van der Waals surface area contributed by atoms with Crippen LogP contribution in [-0.4, -0.2) is 53.5 Å². The summed E-state index contributed by atoms with van der Waals surface area (Å²) in [5.74, 6) is -0.0169. The summed E-state index contributed by atoms with van der Waals surface area (Å²) in [6.45, 7) is 3.18. The van der Waals surface area contributed by atoms with Crippen LogP contribution >= 0.6 is 11.3 Å². The number of oxazole rings is 1. The van der Waals surface area contributed by atoms with E-state index in [1.165, 1.54) is 11.3 Å². The monoisotopic (exact) mass is 357 g/mol. The lowest BCUT2D eigenvalue weighted by Crippen LogP contribution is -2.49. The fourth-order valence-corrected chi connectivity index (χ4v) is 3.69. The summed E-state index contributed by atoms with van der Waals surface area (Å²) in [4.78, 5) is 25.4. The fourth-order valence-electron chi connectivity index (χ4n) is 2.91. The van der Waals surface area contributed by atoms with Crippen molar-refractivity contribution in [3.05, 3.63) is 40.3 Å². The van der Waals surface area contributed by atoms with Gasteiger partial charge in [-0.05, 0) is 18.7 Å². The molecule has 3 heterocycles. The maximum atomic E-state index is 12.6. The number of anilines is 1. The van der Waals surface area contributed by atoms with Crippen molar-refractivity contribution in [3.63, 3.8) is 0 Å². The minimum Gasteiger partial charge on any atom is -0.423 e. The molecule has 0 bridgehead atoms. The molecule has 130 valence electrons. The Hall–Kier alpha value is -2.45. The molecule has 0 aliphatic carbocycles. The molecule has 7 nitrogen and oxygen atoms in total. The number of nitrogens with two attached hydrogens (primary N) is 1. The Bertz CT molecular complexity index is 849. The summed E-state index contributed by atoms with van der Waals surface area (Å²) in [6.07, 6.45) is 0.712. The molecule has 3 aromatic rings. The molecule has 1 aromatic carbocycles. The molecule has 0 atom stereocenters. The van der Waals surface area contributed by atoms with E-state index in [2.05, 4.69) is 14.9 Å². The maximum absolute atomic E-state index is 12.6. The van der Waals surface area contributed by atoms with Crippen LogP contribution in [0.3, 0.4) is 0 Å². The Morgan fingerprint density at radius 1 is 1.20 bits per heavy atom. The molecular formula is C17H19N5O2S. The molecule has 2 aromatic heterocycles. The van der Waals surface area contributed by atoms with Crippen LogP contribution in [0, 0.1) is 0 Å². The zero-order valence-corrected chi connectivity index (χ0v) is 14.5.